The molecular weight excluding hydrogens is 212 g/mol. The van der Waals surface area contributed by atoms with E-state index in [1.165, 1.54) is 0 Å². The largest absolute Gasteiger partial charge is 0.399 e. The Kier molecular flexibility index (Phi) is 2.08. The first-order valence-corrected chi connectivity index (χ1v) is 5.41. The Balaban J connectivity index is 2.30. The van der Waals surface area contributed by atoms with Crippen LogP contribution in [0.25, 0.3) is 16.9 Å². The summed E-state index contributed by atoms with van der Waals surface area (Å²) in [6, 6.07) is 11.7. The van der Waals surface area contributed by atoms with Gasteiger partial charge in [-0.25, -0.2) is 9.50 Å². The monoisotopic (exact) mass is 224 g/mol. The molecule has 0 aliphatic carbocycles. The van der Waals surface area contributed by atoms with Crippen molar-refractivity contribution in [2.75, 3.05) is 5.73 Å². The summed E-state index contributed by atoms with van der Waals surface area (Å²) in [6.45, 7) is 1.96. The van der Waals surface area contributed by atoms with Crippen LogP contribution in [0.15, 0.2) is 42.6 Å². The number of nitrogens with two attached hydrogens (primary N) is 1. The van der Waals surface area contributed by atoms with Gasteiger partial charge in [-0.05, 0) is 25.1 Å². The number of aryl methyl sites for hydroxylation is 1. The highest BCUT2D eigenvalue weighted by molar-refractivity contribution is 5.66. The highest BCUT2D eigenvalue weighted by atomic mass is 15.3. The summed E-state index contributed by atoms with van der Waals surface area (Å²) >= 11 is 0. The van der Waals surface area contributed by atoms with Crippen LogP contribution in [-0.2, 0) is 0 Å². The average Bonchev–Trinajstić information content (AvgIpc) is 2.68. The van der Waals surface area contributed by atoms with Crippen molar-refractivity contribution in [3.8, 4) is 11.3 Å². The maximum absolute atomic E-state index is 5.80. The van der Waals surface area contributed by atoms with E-state index in [4.69, 9.17) is 5.73 Å². The smallest absolute Gasteiger partial charge is 0.155 e. The molecule has 17 heavy (non-hydrogen) atoms. The van der Waals surface area contributed by atoms with Gasteiger partial charge in [0.25, 0.3) is 0 Å². The van der Waals surface area contributed by atoms with Crippen LogP contribution in [0.1, 0.15) is 5.69 Å². The Morgan fingerprint density at radius 1 is 1.18 bits per heavy atom. The average molecular weight is 224 g/mol. The Bertz CT molecular complexity index is 685. The third kappa shape index (κ3) is 1.63. The summed E-state index contributed by atoms with van der Waals surface area (Å²) in [7, 11) is 0. The molecule has 0 radical (unpaired) electrons. The van der Waals surface area contributed by atoms with Crippen LogP contribution >= 0.6 is 0 Å². The fourth-order valence-electron chi connectivity index (χ4n) is 1.93. The summed E-state index contributed by atoms with van der Waals surface area (Å²) in [6.07, 6.45) is 1.79. The topological polar surface area (TPSA) is 56.2 Å². The molecule has 0 saturated carbocycles. The SMILES string of the molecule is Cc1cc2nccc(-c3cccc(N)c3)n2n1. The van der Waals surface area contributed by atoms with Gasteiger partial charge in [-0.3, -0.25) is 0 Å². The van der Waals surface area contributed by atoms with Crippen molar-refractivity contribution in [2.24, 2.45) is 0 Å². The van der Waals surface area contributed by atoms with E-state index in [0.717, 1.165) is 28.3 Å². The Morgan fingerprint density at radius 3 is 2.88 bits per heavy atom. The van der Waals surface area contributed by atoms with Gasteiger partial charge in [-0.1, -0.05) is 12.1 Å². The quantitative estimate of drug-likeness (QED) is 0.645. The zero-order valence-electron chi connectivity index (χ0n) is 9.46. The van der Waals surface area contributed by atoms with Crippen molar-refractivity contribution in [1.82, 2.24) is 14.6 Å². The van der Waals surface area contributed by atoms with Gasteiger partial charge >= 0.3 is 0 Å². The number of anilines is 1. The fourth-order valence-corrected chi connectivity index (χ4v) is 1.93. The highest BCUT2D eigenvalue weighted by Crippen LogP contribution is 2.21. The molecule has 0 saturated heterocycles. The third-order valence-electron chi connectivity index (χ3n) is 2.66. The molecule has 0 aliphatic rings. The first-order chi connectivity index (χ1) is 8.24. The highest BCUT2D eigenvalue weighted by Gasteiger charge is 2.06. The predicted octanol–water partition coefficient (Wildman–Crippen LogP) is 2.29. The predicted molar refractivity (Wildman–Crippen MR) is 67.6 cm³/mol. The molecule has 0 amide bonds. The molecule has 4 heteroatoms. The maximum Gasteiger partial charge on any atom is 0.155 e. The first kappa shape index (κ1) is 9.84. The summed E-state index contributed by atoms with van der Waals surface area (Å²) in [5.74, 6) is 0. The van der Waals surface area contributed by atoms with Crippen molar-refractivity contribution < 1.29 is 0 Å². The summed E-state index contributed by atoms with van der Waals surface area (Å²) in [5, 5.41) is 4.43. The molecule has 0 spiro atoms. The minimum atomic E-state index is 0.747. The molecule has 0 fully saturated rings. The van der Waals surface area contributed by atoms with Crippen LogP contribution in [0.4, 0.5) is 5.69 Å². The molecular formula is C13H12N4. The van der Waals surface area contributed by atoms with Gasteiger partial charge in [0.05, 0.1) is 11.4 Å². The lowest BCUT2D eigenvalue weighted by Crippen LogP contribution is -1.96. The van der Waals surface area contributed by atoms with Crippen molar-refractivity contribution >= 4 is 11.3 Å². The van der Waals surface area contributed by atoms with Gasteiger partial charge in [0.1, 0.15) is 0 Å². The van der Waals surface area contributed by atoms with Gasteiger partial charge in [-0.15, -0.1) is 0 Å². The normalized spacial score (nSPS) is 10.9. The molecule has 4 nitrogen and oxygen atoms in total. The van der Waals surface area contributed by atoms with Gasteiger partial charge in [0.15, 0.2) is 5.65 Å². The minimum absolute atomic E-state index is 0.747. The van der Waals surface area contributed by atoms with Gasteiger partial charge in [0.2, 0.25) is 0 Å². The number of hydrogen-bond donors (Lipinski definition) is 1. The number of rotatable bonds is 1. The van der Waals surface area contributed by atoms with E-state index < -0.39 is 0 Å². The summed E-state index contributed by atoms with van der Waals surface area (Å²) < 4.78 is 1.84. The zero-order chi connectivity index (χ0) is 11.8. The third-order valence-corrected chi connectivity index (χ3v) is 2.66. The molecule has 0 aliphatic heterocycles. The number of hydrogen-bond acceptors (Lipinski definition) is 3. The van der Waals surface area contributed by atoms with Crippen LogP contribution in [0.5, 0.6) is 0 Å². The Hall–Kier alpha value is -2.36. The maximum atomic E-state index is 5.80. The van der Waals surface area contributed by atoms with E-state index in [0.29, 0.717) is 0 Å². The standard InChI is InChI=1S/C13H12N4/c1-9-7-13-15-6-5-12(17(13)16-9)10-3-2-4-11(14)8-10/h2-8H,14H2,1H3. The minimum Gasteiger partial charge on any atom is -0.399 e. The van der Waals surface area contributed by atoms with Gasteiger partial charge in [0, 0.05) is 23.5 Å². The van der Waals surface area contributed by atoms with E-state index in [1.807, 2.05) is 47.8 Å². The van der Waals surface area contributed by atoms with Gasteiger partial charge in [-0.2, -0.15) is 5.10 Å². The number of aromatic nitrogens is 3. The van der Waals surface area contributed by atoms with Gasteiger partial charge < -0.3 is 5.73 Å². The second-order valence-corrected chi connectivity index (χ2v) is 4.01. The first-order valence-electron chi connectivity index (χ1n) is 5.41. The van der Waals surface area contributed by atoms with Crippen molar-refractivity contribution in [3.63, 3.8) is 0 Å². The lowest BCUT2D eigenvalue weighted by Gasteiger charge is -2.04. The number of fused-ring (bicyclic) bond motifs is 1. The van der Waals surface area contributed by atoms with Crippen molar-refractivity contribution in [2.45, 2.75) is 6.92 Å². The van der Waals surface area contributed by atoms with E-state index in [2.05, 4.69) is 10.1 Å². The lowest BCUT2D eigenvalue weighted by molar-refractivity contribution is 0.925. The molecule has 1 aromatic carbocycles. The molecule has 0 unspecified atom stereocenters. The molecule has 3 aromatic rings. The second kappa shape index (κ2) is 3.59. The van der Waals surface area contributed by atoms with E-state index in [1.54, 1.807) is 6.20 Å². The lowest BCUT2D eigenvalue weighted by atomic mass is 10.1. The molecule has 84 valence electrons. The molecule has 2 N–H and O–H groups in total. The number of benzene rings is 1. The van der Waals surface area contributed by atoms with Crippen LogP contribution in [-0.4, -0.2) is 14.6 Å². The summed E-state index contributed by atoms with van der Waals surface area (Å²) in [5.41, 5.74) is 10.4. The molecule has 2 heterocycles. The summed E-state index contributed by atoms with van der Waals surface area (Å²) in [4.78, 5) is 4.28. The molecule has 0 atom stereocenters. The van der Waals surface area contributed by atoms with Crippen LogP contribution < -0.4 is 5.73 Å². The van der Waals surface area contributed by atoms with Crippen molar-refractivity contribution in [3.05, 3.63) is 48.3 Å². The van der Waals surface area contributed by atoms with Crippen LogP contribution in [0.3, 0.4) is 0 Å². The number of nitrogens with zero attached hydrogens (tertiary/aromatic N) is 3. The Labute approximate surface area is 98.7 Å². The molecule has 3 rings (SSSR count). The van der Waals surface area contributed by atoms with Crippen LogP contribution in [0.2, 0.25) is 0 Å². The fraction of sp³-hybridized carbons (Fsp3) is 0.0769. The van der Waals surface area contributed by atoms with Crippen LogP contribution in [0, 0.1) is 6.92 Å². The van der Waals surface area contributed by atoms with E-state index in [9.17, 15) is 0 Å². The van der Waals surface area contributed by atoms with E-state index in [-0.39, 0.29) is 0 Å². The second-order valence-electron chi connectivity index (χ2n) is 4.01. The molecule has 0 bridgehead atoms. The van der Waals surface area contributed by atoms with Crippen molar-refractivity contribution in [1.29, 1.82) is 0 Å². The Morgan fingerprint density at radius 2 is 2.06 bits per heavy atom. The zero-order valence-corrected chi connectivity index (χ0v) is 9.46. The number of nitrogen functional groups attached to an aromatic ring is 1. The van der Waals surface area contributed by atoms with E-state index >= 15 is 0 Å². The molecule has 2 aromatic heterocycles.